The van der Waals surface area contributed by atoms with Crippen LogP contribution in [0.1, 0.15) is 18.1 Å². The largest absolute Gasteiger partial charge is 0.488 e. The van der Waals surface area contributed by atoms with Gasteiger partial charge in [0.05, 0.1) is 18.0 Å². The van der Waals surface area contributed by atoms with Crippen LogP contribution in [0.4, 0.5) is 0 Å². The molecule has 0 spiro atoms. The lowest BCUT2D eigenvalue weighted by Crippen LogP contribution is -2.42. The molecule has 0 radical (unpaired) electrons. The average Bonchev–Trinajstić information content (AvgIpc) is 3.06. The maximum atomic E-state index is 11.3. The Morgan fingerprint density at radius 3 is 2.54 bits per heavy atom. The second-order valence-corrected chi connectivity index (χ2v) is 7.88. The first kappa shape index (κ1) is 22.4. The predicted octanol–water partition coefficient (Wildman–Crippen LogP) is 2.01. The minimum atomic E-state index is -3.67. The molecule has 0 saturated heterocycles. The van der Waals surface area contributed by atoms with Crippen molar-refractivity contribution in [3.8, 4) is 5.75 Å². The van der Waals surface area contributed by atoms with Crippen LogP contribution in [0.5, 0.6) is 5.75 Å². The van der Waals surface area contributed by atoms with Crippen LogP contribution < -0.4 is 20.5 Å². The molecule has 3 rings (SSSR count). The molecule has 2 aromatic rings. The summed E-state index contributed by atoms with van der Waals surface area (Å²) in [5.74, 6) is 1.63. The molecule has 0 amide bonds. The van der Waals surface area contributed by atoms with Crippen LogP contribution in [0.3, 0.4) is 0 Å². The first-order valence-electron chi connectivity index (χ1n) is 8.84. The molecule has 2 aromatic carbocycles. The fourth-order valence-corrected chi connectivity index (χ4v) is 3.39. The van der Waals surface area contributed by atoms with E-state index in [-0.39, 0.29) is 35.0 Å². The number of guanidine groups is 1. The molecule has 4 N–H and O–H groups in total. The number of fused-ring (bicyclic) bond motifs is 1. The molecule has 0 bridgehead atoms. The molecule has 1 heterocycles. The van der Waals surface area contributed by atoms with Crippen molar-refractivity contribution in [2.24, 2.45) is 10.1 Å². The van der Waals surface area contributed by atoms with Crippen molar-refractivity contribution in [3.05, 3.63) is 59.7 Å². The summed E-state index contributed by atoms with van der Waals surface area (Å²) in [6.45, 7) is 3.80. The van der Waals surface area contributed by atoms with E-state index in [1.54, 1.807) is 12.1 Å². The Hall–Kier alpha value is -1.85. The third kappa shape index (κ3) is 6.08. The summed E-state index contributed by atoms with van der Waals surface area (Å²) in [7, 11) is -3.67. The Morgan fingerprint density at radius 1 is 1.18 bits per heavy atom. The van der Waals surface area contributed by atoms with E-state index in [0.717, 1.165) is 24.3 Å². The summed E-state index contributed by atoms with van der Waals surface area (Å²) in [6.07, 6.45) is 0.942. The Labute approximate surface area is 182 Å². The second-order valence-electron chi connectivity index (χ2n) is 6.32. The topological polar surface area (TPSA) is 106 Å². The van der Waals surface area contributed by atoms with Crippen LogP contribution in [0, 0.1) is 0 Å². The molecule has 1 aliphatic rings. The summed E-state index contributed by atoms with van der Waals surface area (Å²) in [6, 6.07) is 14.5. The first-order valence-corrected chi connectivity index (χ1v) is 10.4. The molecular formula is C19H25IN4O3S. The number of nitrogens with zero attached hydrogens (tertiary/aromatic N) is 1. The van der Waals surface area contributed by atoms with Crippen LogP contribution >= 0.6 is 24.0 Å². The van der Waals surface area contributed by atoms with Gasteiger partial charge >= 0.3 is 0 Å². The van der Waals surface area contributed by atoms with Gasteiger partial charge in [-0.1, -0.05) is 30.3 Å². The van der Waals surface area contributed by atoms with Gasteiger partial charge in [-0.3, -0.25) is 0 Å². The number of sulfonamides is 1. The molecule has 1 unspecified atom stereocenters. The predicted molar refractivity (Wildman–Crippen MR) is 121 cm³/mol. The number of para-hydroxylation sites is 1. The number of primary sulfonamides is 1. The fraction of sp³-hybridized carbons (Fsp3) is 0.316. The Kier molecular flexibility index (Phi) is 8.08. The van der Waals surface area contributed by atoms with Crippen molar-refractivity contribution in [1.29, 1.82) is 0 Å². The van der Waals surface area contributed by atoms with Gasteiger partial charge in [0.1, 0.15) is 11.9 Å². The molecule has 0 aliphatic carbocycles. The summed E-state index contributed by atoms with van der Waals surface area (Å²) in [5.41, 5.74) is 2.12. The van der Waals surface area contributed by atoms with E-state index in [9.17, 15) is 8.42 Å². The van der Waals surface area contributed by atoms with Crippen LogP contribution in [0.25, 0.3) is 0 Å². The van der Waals surface area contributed by atoms with E-state index < -0.39 is 10.0 Å². The third-order valence-electron chi connectivity index (χ3n) is 4.23. The monoisotopic (exact) mass is 516 g/mol. The van der Waals surface area contributed by atoms with Gasteiger partial charge in [-0.05, 0) is 36.2 Å². The van der Waals surface area contributed by atoms with Gasteiger partial charge in [0.25, 0.3) is 0 Å². The summed E-state index contributed by atoms with van der Waals surface area (Å²) < 4.78 is 28.5. The Balaban J connectivity index is 0.00000280. The number of hydrogen-bond donors (Lipinski definition) is 3. The number of ether oxygens (including phenoxy) is 1. The second kappa shape index (κ2) is 10.1. The number of benzene rings is 2. The van der Waals surface area contributed by atoms with E-state index in [1.165, 1.54) is 17.7 Å². The quantitative estimate of drug-likeness (QED) is 0.310. The lowest BCUT2D eigenvalue weighted by atomic mass is 10.1. The summed E-state index contributed by atoms with van der Waals surface area (Å²) in [4.78, 5) is 4.64. The van der Waals surface area contributed by atoms with Gasteiger partial charge < -0.3 is 15.4 Å². The molecule has 1 aliphatic heterocycles. The lowest BCUT2D eigenvalue weighted by molar-refractivity contribution is 0.235. The van der Waals surface area contributed by atoms with Gasteiger partial charge in [-0.2, -0.15) is 0 Å². The highest BCUT2D eigenvalue weighted by molar-refractivity contribution is 14.0. The van der Waals surface area contributed by atoms with E-state index in [4.69, 9.17) is 9.88 Å². The van der Waals surface area contributed by atoms with Crippen molar-refractivity contribution < 1.29 is 13.2 Å². The van der Waals surface area contributed by atoms with E-state index >= 15 is 0 Å². The summed E-state index contributed by atoms with van der Waals surface area (Å²) in [5, 5.41) is 11.6. The molecule has 0 saturated carbocycles. The molecule has 0 fully saturated rings. The van der Waals surface area contributed by atoms with Gasteiger partial charge in [-0.25, -0.2) is 18.5 Å². The fourth-order valence-electron chi connectivity index (χ4n) is 2.87. The minimum Gasteiger partial charge on any atom is -0.488 e. The SMILES string of the molecule is CCNC(=NCc1ccc(S(N)(=O)=O)cc1)NCC1Cc2ccccc2O1.I. The van der Waals surface area contributed by atoms with E-state index in [0.29, 0.717) is 19.0 Å². The van der Waals surface area contributed by atoms with Crippen LogP contribution in [0.2, 0.25) is 0 Å². The normalized spacial score (nSPS) is 15.9. The zero-order valence-electron chi connectivity index (χ0n) is 15.6. The first-order chi connectivity index (χ1) is 13.0. The van der Waals surface area contributed by atoms with Crippen LogP contribution in [-0.4, -0.2) is 33.6 Å². The average molecular weight is 516 g/mol. The summed E-state index contributed by atoms with van der Waals surface area (Å²) >= 11 is 0. The lowest BCUT2D eigenvalue weighted by Gasteiger charge is -2.15. The molecular weight excluding hydrogens is 491 g/mol. The Bertz CT molecular complexity index is 892. The third-order valence-corrected chi connectivity index (χ3v) is 5.16. The highest BCUT2D eigenvalue weighted by Crippen LogP contribution is 2.27. The molecule has 7 nitrogen and oxygen atoms in total. The minimum absolute atomic E-state index is 0. The van der Waals surface area contributed by atoms with Crippen molar-refractivity contribution in [3.63, 3.8) is 0 Å². The molecule has 152 valence electrons. The van der Waals surface area contributed by atoms with Gasteiger partial charge in [0, 0.05) is 13.0 Å². The molecule has 9 heteroatoms. The number of rotatable bonds is 6. The van der Waals surface area contributed by atoms with Crippen molar-refractivity contribution in [2.75, 3.05) is 13.1 Å². The zero-order valence-corrected chi connectivity index (χ0v) is 18.7. The number of nitrogens with two attached hydrogens (primary N) is 1. The van der Waals surface area contributed by atoms with E-state index in [2.05, 4.69) is 21.7 Å². The van der Waals surface area contributed by atoms with Gasteiger partial charge in [0.2, 0.25) is 10.0 Å². The highest BCUT2D eigenvalue weighted by atomic mass is 127. The zero-order chi connectivity index (χ0) is 19.3. The number of aliphatic imine (C=N–C) groups is 1. The van der Waals surface area contributed by atoms with Crippen LogP contribution in [-0.2, 0) is 23.0 Å². The molecule has 1 atom stereocenters. The maximum absolute atomic E-state index is 11.3. The van der Waals surface area contributed by atoms with Gasteiger partial charge in [-0.15, -0.1) is 24.0 Å². The van der Waals surface area contributed by atoms with Crippen molar-refractivity contribution in [1.82, 2.24) is 10.6 Å². The van der Waals surface area contributed by atoms with Crippen molar-refractivity contribution in [2.45, 2.75) is 30.9 Å². The maximum Gasteiger partial charge on any atom is 0.238 e. The van der Waals surface area contributed by atoms with Crippen LogP contribution in [0.15, 0.2) is 58.4 Å². The number of hydrogen-bond acceptors (Lipinski definition) is 4. The highest BCUT2D eigenvalue weighted by Gasteiger charge is 2.22. The molecule has 28 heavy (non-hydrogen) atoms. The van der Waals surface area contributed by atoms with Gasteiger partial charge in [0.15, 0.2) is 5.96 Å². The smallest absolute Gasteiger partial charge is 0.238 e. The molecule has 0 aromatic heterocycles. The Morgan fingerprint density at radius 2 is 1.89 bits per heavy atom. The van der Waals surface area contributed by atoms with E-state index in [1.807, 2.05) is 25.1 Å². The van der Waals surface area contributed by atoms with Crippen molar-refractivity contribution >= 4 is 40.0 Å². The standard InChI is InChI=1S/C19H24N4O3S.HI/c1-2-21-19(22-12-14-7-9-17(10-8-14)27(20,24)25)23-13-16-11-15-5-3-4-6-18(15)26-16;/h3-10,16H,2,11-13H2,1H3,(H2,20,24,25)(H2,21,22,23);1H. The number of halogens is 1. The number of nitrogens with one attached hydrogen (secondary N) is 2.